The summed E-state index contributed by atoms with van der Waals surface area (Å²) in [6, 6.07) is 28.9. The number of carbonyl (C=O) groups excluding carboxylic acids is 1. The highest BCUT2D eigenvalue weighted by Crippen LogP contribution is 2.20. The summed E-state index contributed by atoms with van der Waals surface area (Å²) in [7, 11) is 0. The zero-order valence-corrected chi connectivity index (χ0v) is 19.2. The van der Waals surface area contributed by atoms with Crippen LogP contribution in [0, 0.1) is 6.92 Å². The Labute approximate surface area is 200 Å². The molecule has 4 rings (SSSR count). The zero-order valence-electron chi connectivity index (χ0n) is 18.4. The number of aryl methyl sites for hydroxylation is 1. The molecule has 0 aliphatic rings. The zero-order chi connectivity index (χ0) is 22.3. The predicted octanol–water partition coefficient (Wildman–Crippen LogP) is 1.62. The lowest BCUT2D eigenvalue weighted by Crippen LogP contribution is -3.00. The van der Waals surface area contributed by atoms with Crippen LogP contribution in [-0.2, 0) is 6.54 Å². The molecule has 0 aliphatic carbocycles. The Morgan fingerprint density at radius 1 is 0.879 bits per heavy atom. The summed E-state index contributed by atoms with van der Waals surface area (Å²) in [6.07, 6.45) is 3.26. The number of pyridine rings is 1. The topological polar surface area (TPSA) is 50.4 Å². The number of carbonyl (C=O) groups is 1. The number of rotatable bonds is 8. The Hall–Kier alpha value is -3.47. The molecule has 0 saturated carbocycles. The number of aromatic nitrogens is 1. The summed E-state index contributed by atoms with van der Waals surface area (Å²) in [4.78, 5) is 12.7. The van der Waals surface area contributed by atoms with E-state index in [2.05, 4.69) is 12.1 Å². The Balaban J connectivity index is 0.00000306. The number of ether oxygens (including phenoxy) is 1. The van der Waals surface area contributed by atoms with E-state index in [4.69, 9.17) is 4.74 Å². The first kappa shape index (κ1) is 24.2. The quantitative estimate of drug-likeness (QED) is 0.322. The average molecular weight is 460 g/mol. The molecule has 1 aromatic heterocycles. The molecule has 0 spiro atoms. The van der Waals surface area contributed by atoms with Crippen molar-refractivity contribution in [3.8, 4) is 16.9 Å². The second kappa shape index (κ2) is 11.4. The van der Waals surface area contributed by atoms with Gasteiger partial charge in [0, 0.05) is 23.3 Å². The third-order valence-corrected chi connectivity index (χ3v) is 5.34. The van der Waals surface area contributed by atoms with Crippen LogP contribution in [0.25, 0.3) is 11.1 Å². The fourth-order valence-electron chi connectivity index (χ4n) is 3.62. The maximum atomic E-state index is 12.7. The maximum Gasteiger partial charge on any atom is 0.193 e. The molecule has 0 fully saturated rings. The number of nitrogens with zero attached hydrogens (tertiary/aromatic N) is 1. The minimum Gasteiger partial charge on any atom is -1.00 e. The highest BCUT2D eigenvalue weighted by atomic mass is 35.5. The first-order valence-corrected chi connectivity index (χ1v) is 10.7. The van der Waals surface area contributed by atoms with Gasteiger partial charge in [0.1, 0.15) is 18.5 Å². The molecular formula is C28H26ClNO3. The number of hydrogen-bond acceptors (Lipinski definition) is 3. The third-order valence-electron chi connectivity index (χ3n) is 5.34. The lowest BCUT2D eigenvalue weighted by molar-refractivity contribution is -0.703. The average Bonchev–Trinajstić information content (AvgIpc) is 2.84. The molecule has 0 radical (unpaired) electrons. The molecule has 0 aliphatic heterocycles. The van der Waals surface area contributed by atoms with Crippen LogP contribution in [0.3, 0.4) is 0 Å². The first-order chi connectivity index (χ1) is 15.6. The second-order valence-corrected chi connectivity index (χ2v) is 7.79. The maximum absolute atomic E-state index is 12.7. The van der Waals surface area contributed by atoms with Crippen molar-refractivity contribution >= 4 is 5.78 Å². The molecule has 33 heavy (non-hydrogen) atoms. The van der Waals surface area contributed by atoms with Gasteiger partial charge in [-0.25, -0.2) is 4.57 Å². The van der Waals surface area contributed by atoms with E-state index in [0.29, 0.717) is 23.4 Å². The smallest absolute Gasteiger partial charge is 0.193 e. The number of aliphatic hydroxyl groups is 1. The van der Waals surface area contributed by atoms with E-state index in [0.717, 1.165) is 16.7 Å². The van der Waals surface area contributed by atoms with Crippen molar-refractivity contribution in [2.24, 2.45) is 0 Å². The molecule has 1 unspecified atom stereocenters. The summed E-state index contributed by atoms with van der Waals surface area (Å²) >= 11 is 0. The molecule has 0 amide bonds. The van der Waals surface area contributed by atoms with Crippen molar-refractivity contribution in [1.29, 1.82) is 0 Å². The molecule has 5 heteroatoms. The van der Waals surface area contributed by atoms with Gasteiger partial charge in [-0.05, 0) is 41.8 Å². The van der Waals surface area contributed by atoms with Crippen LogP contribution in [0.15, 0.2) is 103 Å². The van der Waals surface area contributed by atoms with E-state index in [1.54, 1.807) is 12.1 Å². The van der Waals surface area contributed by atoms with E-state index >= 15 is 0 Å². The molecule has 3 aromatic carbocycles. The van der Waals surface area contributed by atoms with Crippen LogP contribution in [0.1, 0.15) is 21.5 Å². The minimum absolute atomic E-state index is 0. The standard InChI is InChI=1S/C28H26NO3.ClH/c1-21-18-26(12-13-27(21)28(31)24-10-6-3-7-11-24)32-20-25(30)19-29-16-14-23(15-17-29)22-8-4-2-5-9-22;/h2-18,25,30H,19-20H2,1H3;1H/q+1;/p-1. The largest absolute Gasteiger partial charge is 1.00 e. The van der Waals surface area contributed by atoms with Crippen LogP contribution >= 0.6 is 0 Å². The van der Waals surface area contributed by atoms with Crippen molar-refractivity contribution in [1.82, 2.24) is 0 Å². The van der Waals surface area contributed by atoms with Gasteiger partial charge >= 0.3 is 0 Å². The molecule has 0 bridgehead atoms. The lowest BCUT2D eigenvalue weighted by atomic mass is 9.99. The van der Waals surface area contributed by atoms with Crippen LogP contribution in [0.4, 0.5) is 0 Å². The molecule has 1 N–H and O–H groups in total. The van der Waals surface area contributed by atoms with Gasteiger partial charge in [0.2, 0.25) is 0 Å². The van der Waals surface area contributed by atoms with Crippen molar-refractivity contribution in [3.63, 3.8) is 0 Å². The van der Waals surface area contributed by atoms with Gasteiger partial charge in [0.05, 0.1) is 0 Å². The van der Waals surface area contributed by atoms with Crippen LogP contribution in [-0.4, -0.2) is 23.6 Å². The fourth-order valence-corrected chi connectivity index (χ4v) is 3.62. The summed E-state index contributed by atoms with van der Waals surface area (Å²) in [5, 5.41) is 10.4. The fraction of sp³-hybridized carbons (Fsp3) is 0.143. The van der Waals surface area contributed by atoms with Crippen molar-refractivity contribution in [2.45, 2.75) is 19.6 Å². The van der Waals surface area contributed by atoms with E-state index in [1.165, 1.54) is 0 Å². The lowest BCUT2D eigenvalue weighted by Gasteiger charge is -2.12. The molecular weight excluding hydrogens is 434 g/mol. The van der Waals surface area contributed by atoms with E-state index in [1.807, 2.05) is 90.6 Å². The molecule has 4 aromatic rings. The summed E-state index contributed by atoms with van der Waals surface area (Å²) < 4.78 is 7.72. The molecule has 0 saturated heterocycles. The monoisotopic (exact) mass is 459 g/mol. The predicted molar refractivity (Wildman–Crippen MR) is 125 cm³/mol. The molecule has 168 valence electrons. The van der Waals surface area contributed by atoms with Crippen LogP contribution in [0.2, 0.25) is 0 Å². The number of halogens is 1. The minimum atomic E-state index is -0.659. The number of aliphatic hydroxyl groups excluding tert-OH is 1. The Morgan fingerprint density at radius 3 is 2.12 bits per heavy atom. The highest BCUT2D eigenvalue weighted by molar-refractivity contribution is 6.09. The normalized spacial score (nSPS) is 11.3. The molecule has 1 atom stereocenters. The summed E-state index contributed by atoms with van der Waals surface area (Å²) in [6.45, 7) is 2.49. The van der Waals surface area contributed by atoms with E-state index in [-0.39, 0.29) is 24.8 Å². The van der Waals surface area contributed by atoms with Gasteiger partial charge in [-0.1, -0.05) is 60.7 Å². The first-order valence-electron chi connectivity index (χ1n) is 10.7. The van der Waals surface area contributed by atoms with Crippen molar-refractivity contribution in [2.75, 3.05) is 6.61 Å². The van der Waals surface area contributed by atoms with Gasteiger partial charge in [0.25, 0.3) is 0 Å². The second-order valence-electron chi connectivity index (χ2n) is 7.79. The summed E-state index contributed by atoms with van der Waals surface area (Å²) in [5.74, 6) is 0.626. The number of ketones is 1. The van der Waals surface area contributed by atoms with Crippen LogP contribution < -0.4 is 21.7 Å². The number of benzene rings is 3. The molecule has 1 heterocycles. The Kier molecular flexibility index (Phi) is 8.36. The van der Waals surface area contributed by atoms with Gasteiger partial charge < -0.3 is 22.3 Å². The van der Waals surface area contributed by atoms with Gasteiger partial charge in [-0.2, -0.15) is 0 Å². The van der Waals surface area contributed by atoms with Gasteiger partial charge in [0.15, 0.2) is 24.7 Å². The Morgan fingerprint density at radius 2 is 1.48 bits per heavy atom. The van der Waals surface area contributed by atoms with Crippen molar-refractivity contribution in [3.05, 3.63) is 120 Å². The van der Waals surface area contributed by atoms with E-state index < -0.39 is 6.10 Å². The molecule has 4 nitrogen and oxygen atoms in total. The van der Waals surface area contributed by atoms with E-state index in [9.17, 15) is 9.90 Å². The highest BCUT2D eigenvalue weighted by Gasteiger charge is 2.15. The van der Waals surface area contributed by atoms with Crippen LogP contribution in [0.5, 0.6) is 5.75 Å². The third kappa shape index (κ3) is 6.28. The van der Waals surface area contributed by atoms with Gasteiger partial charge in [-0.15, -0.1) is 0 Å². The number of hydrogen-bond donors (Lipinski definition) is 1. The SMILES string of the molecule is Cc1cc(OCC(O)C[n+]2ccc(-c3ccccc3)cc2)ccc1C(=O)c1ccccc1.[Cl-]. The Bertz CT molecular complexity index is 1180. The summed E-state index contributed by atoms with van der Waals surface area (Å²) in [5.41, 5.74) is 4.45. The van der Waals surface area contributed by atoms with Gasteiger partial charge in [-0.3, -0.25) is 4.79 Å². The van der Waals surface area contributed by atoms with Crippen molar-refractivity contribution < 1.29 is 31.6 Å².